The molecule has 0 aromatic rings. The van der Waals surface area contributed by atoms with Gasteiger partial charge in [0.2, 0.25) is 0 Å². The number of rotatable bonds is 8. The van der Waals surface area contributed by atoms with Crippen LogP contribution in [0.5, 0.6) is 0 Å². The normalized spacial score (nSPS) is 19.1. The van der Waals surface area contributed by atoms with Crippen molar-refractivity contribution in [3.05, 3.63) is 0 Å². The fourth-order valence-corrected chi connectivity index (χ4v) is 1.90. The molecule has 4 nitrogen and oxygen atoms in total. The molecule has 1 heterocycles. The summed E-state index contributed by atoms with van der Waals surface area (Å²) in [5.41, 5.74) is 0. The zero-order valence-corrected chi connectivity index (χ0v) is 11.7. The van der Waals surface area contributed by atoms with E-state index < -0.39 is 0 Å². The third kappa shape index (κ3) is 7.71. The van der Waals surface area contributed by atoms with E-state index in [0.29, 0.717) is 0 Å². The molecule has 0 unspecified atom stereocenters. The number of piperazine rings is 1. The summed E-state index contributed by atoms with van der Waals surface area (Å²) in [5.74, 6) is 0.723. The van der Waals surface area contributed by atoms with Crippen LogP contribution in [-0.2, 0) is 4.74 Å². The fourth-order valence-electron chi connectivity index (χ4n) is 1.90. The molecular weight excluding hydrogens is 214 g/mol. The van der Waals surface area contributed by atoms with Crippen LogP contribution in [0.4, 0.5) is 0 Å². The summed E-state index contributed by atoms with van der Waals surface area (Å²) < 4.78 is 5.63. The van der Waals surface area contributed by atoms with E-state index in [1.54, 1.807) is 0 Å². The van der Waals surface area contributed by atoms with Gasteiger partial charge in [-0.15, -0.1) is 0 Å². The van der Waals surface area contributed by atoms with E-state index in [9.17, 15) is 0 Å². The van der Waals surface area contributed by atoms with Crippen molar-refractivity contribution >= 4 is 0 Å². The van der Waals surface area contributed by atoms with Crippen LogP contribution >= 0.6 is 0 Å². The highest BCUT2D eigenvalue weighted by atomic mass is 16.5. The molecule has 1 rings (SSSR count). The van der Waals surface area contributed by atoms with E-state index in [4.69, 9.17) is 4.74 Å². The van der Waals surface area contributed by atoms with Gasteiger partial charge in [0.05, 0.1) is 13.2 Å². The van der Waals surface area contributed by atoms with Crippen molar-refractivity contribution < 1.29 is 4.74 Å². The van der Waals surface area contributed by atoms with E-state index in [1.807, 2.05) is 0 Å². The summed E-state index contributed by atoms with van der Waals surface area (Å²) >= 11 is 0. The first-order valence-corrected chi connectivity index (χ1v) is 6.88. The molecule has 0 amide bonds. The monoisotopic (exact) mass is 243 g/mol. The molecule has 0 aromatic carbocycles. The Morgan fingerprint density at radius 1 is 1.12 bits per heavy atom. The van der Waals surface area contributed by atoms with Gasteiger partial charge in [-0.25, -0.2) is 0 Å². The van der Waals surface area contributed by atoms with Gasteiger partial charge < -0.3 is 15.0 Å². The van der Waals surface area contributed by atoms with Gasteiger partial charge in [-0.2, -0.15) is 0 Å². The second-order valence-corrected chi connectivity index (χ2v) is 5.36. The summed E-state index contributed by atoms with van der Waals surface area (Å²) in [6.45, 7) is 14.0. The van der Waals surface area contributed by atoms with E-state index in [1.165, 1.54) is 26.2 Å². The van der Waals surface area contributed by atoms with Gasteiger partial charge in [0.15, 0.2) is 0 Å². The molecule has 0 spiro atoms. The molecule has 1 fully saturated rings. The van der Waals surface area contributed by atoms with Crippen LogP contribution < -0.4 is 5.32 Å². The van der Waals surface area contributed by atoms with Crippen LogP contribution in [0.2, 0.25) is 0 Å². The summed E-state index contributed by atoms with van der Waals surface area (Å²) in [5, 5.41) is 3.38. The zero-order chi connectivity index (χ0) is 12.5. The van der Waals surface area contributed by atoms with E-state index in [-0.39, 0.29) is 0 Å². The Bertz CT molecular complexity index is 180. The molecule has 0 bridgehead atoms. The lowest BCUT2D eigenvalue weighted by atomic mass is 10.2. The van der Waals surface area contributed by atoms with E-state index in [2.05, 4.69) is 36.0 Å². The number of hydrogen-bond donors (Lipinski definition) is 1. The van der Waals surface area contributed by atoms with Gasteiger partial charge >= 0.3 is 0 Å². The molecular formula is C13H29N3O. The highest BCUT2D eigenvalue weighted by Gasteiger charge is 2.12. The predicted octanol–water partition coefficient (Wildman–Crippen LogP) is 0.496. The third-order valence-corrected chi connectivity index (χ3v) is 3.12. The molecule has 102 valence electrons. The van der Waals surface area contributed by atoms with Crippen molar-refractivity contribution in [3.8, 4) is 0 Å². The van der Waals surface area contributed by atoms with E-state index in [0.717, 1.165) is 38.8 Å². The number of nitrogens with zero attached hydrogens (tertiary/aromatic N) is 2. The lowest BCUT2D eigenvalue weighted by Gasteiger charge is -2.32. The van der Waals surface area contributed by atoms with E-state index >= 15 is 0 Å². The Hall–Kier alpha value is -0.160. The van der Waals surface area contributed by atoms with Gasteiger partial charge in [0.25, 0.3) is 0 Å². The Labute approximate surface area is 106 Å². The fraction of sp³-hybridized carbons (Fsp3) is 1.00. The minimum Gasteiger partial charge on any atom is -0.379 e. The summed E-state index contributed by atoms with van der Waals surface area (Å²) in [6, 6.07) is 0. The lowest BCUT2D eigenvalue weighted by Crippen LogP contribution is -2.45. The Morgan fingerprint density at radius 2 is 1.82 bits per heavy atom. The zero-order valence-electron chi connectivity index (χ0n) is 11.7. The first kappa shape index (κ1) is 14.9. The highest BCUT2D eigenvalue weighted by Crippen LogP contribution is 1.98. The van der Waals surface area contributed by atoms with Crippen molar-refractivity contribution in [2.75, 3.05) is 66.1 Å². The maximum absolute atomic E-state index is 5.63. The van der Waals surface area contributed by atoms with Crippen molar-refractivity contribution in [1.29, 1.82) is 0 Å². The largest absolute Gasteiger partial charge is 0.379 e. The van der Waals surface area contributed by atoms with Crippen molar-refractivity contribution in [1.82, 2.24) is 15.1 Å². The third-order valence-electron chi connectivity index (χ3n) is 3.12. The lowest BCUT2D eigenvalue weighted by molar-refractivity contribution is 0.0829. The minimum absolute atomic E-state index is 0.723. The predicted molar refractivity (Wildman–Crippen MR) is 72.5 cm³/mol. The van der Waals surface area contributed by atoms with Crippen LogP contribution in [0, 0.1) is 5.92 Å². The topological polar surface area (TPSA) is 27.7 Å². The van der Waals surface area contributed by atoms with Gasteiger partial charge in [0.1, 0.15) is 0 Å². The average Bonchev–Trinajstić information content (AvgIpc) is 2.30. The number of ether oxygens (including phenoxy) is 1. The second-order valence-electron chi connectivity index (χ2n) is 5.36. The molecule has 0 saturated carbocycles. The van der Waals surface area contributed by atoms with Gasteiger partial charge in [0, 0.05) is 39.3 Å². The summed E-state index contributed by atoms with van der Waals surface area (Å²) in [6.07, 6.45) is 0. The molecule has 0 aliphatic carbocycles. The van der Waals surface area contributed by atoms with Crippen LogP contribution in [-0.4, -0.2) is 75.9 Å². The first-order chi connectivity index (χ1) is 8.18. The molecule has 0 atom stereocenters. The molecule has 1 aliphatic rings. The molecule has 1 aliphatic heterocycles. The number of nitrogens with one attached hydrogen (secondary N) is 1. The Balaban J connectivity index is 1.84. The van der Waals surface area contributed by atoms with Gasteiger partial charge in [-0.1, -0.05) is 13.8 Å². The van der Waals surface area contributed by atoms with Crippen LogP contribution in [0.3, 0.4) is 0 Å². The van der Waals surface area contributed by atoms with Crippen molar-refractivity contribution in [2.45, 2.75) is 13.8 Å². The average molecular weight is 243 g/mol. The smallest absolute Gasteiger partial charge is 0.0594 e. The van der Waals surface area contributed by atoms with Gasteiger partial charge in [-0.05, 0) is 19.5 Å². The Morgan fingerprint density at radius 3 is 2.47 bits per heavy atom. The molecule has 0 aromatic heterocycles. The maximum atomic E-state index is 5.63. The number of likely N-dealkylation sites (N-methyl/N-ethyl adjacent to an activating group) is 1. The number of hydrogen-bond acceptors (Lipinski definition) is 4. The minimum atomic E-state index is 0.723. The van der Waals surface area contributed by atoms with Crippen LogP contribution in [0.1, 0.15) is 13.8 Å². The quantitative estimate of drug-likeness (QED) is 0.628. The van der Waals surface area contributed by atoms with Crippen molar-refractivity contribution in [2.24, 2.45) is 5.92 Å². The SMILES string of the molecule is CC(C)CNCCOCCN1CCN(C)CC1. The second kappa shape index (κ2) is 8.86. The molecule has 1 saturated heterocycles. The van der Waals surface area contributed by atoms with Gasteiger partial charge in [-0.3, -0.25) is 4.90 Å². The highest BCUT2D eigenvalue weighted by molar-refractivity contribution is 4.68. The van der Waals surface area contributed by atoms with Crippen molar-refractivity contribution in [3.63, 3.8) is 0 Å². The maximum Gasteiger partial charge on any atom is 0.0594 e. The summed E-state index contributed by atoms with van der Waals surface area (Å²) in [7, 11) is 2.19. The molecule has 1 N–H and O–H groups in total. The molecule has 17 heavy (non-hydrogen) atoms. The molecule has 0 radical (unpaired) electrons. The van der Waals surface area contributed by atoms with Crippen LogP contribution in [0.15, 0.2) is 0 Å². The molecule has 4 heteroatoms. The Kier molecular flexibility index (Phi) is 7.77. The standard InChI is InChI=1S/C13H29N3O/c1-13(2)12-14-4-10-17-11-9-16-7-5-15(3)6-8-16/h13-14H,4-12H2,1-3H3. The van der Waals surface area contributed by atoms with Crippen LogP contribution in [0.25, 0.3) is 0 Å². The summed E-state index contributed by atoms with van der Waals surface area (Å²) in [4.78, 5) is 4.87. The first-order valence-electron chi connectivity index (χ1n) is 6.88.